The van der Waals surface area contributed by atoms with Gasteiger partial charge in [0, 0.05) is 12.0 Å². The lowest BCUT2D eigenvalue weighted by Gasteiger charge is -2.15. The fourth-order valence-corrected chi connectivity index (χ4v) is 2.16. The Kier molecular flexibility index (Phi) is 2.59. The predicted molar refractivity (Wildman–Crippen MR) is 66.1 cm³/mol. The van der Waals surface area contributed by atoms with Gasteiger partial charge in [0.2, 0.25) is 0 Å². The molecule has 2 aromatic rings. The van der Waals surface area contributed by atoms with E-state index in [9.17, 15) is 4.79 Å². The molecule has 1 aromatic carbocycles. The minimum Gasteiger partial charge on any atom is -0.350 e. The highest BCUT2D eigenvalue weighted by molar-refractivity contribution is 5.91. The van der Waals surface area contributed by atoms with Crippen molar-refractivity contribution < 1.29 is 4.79 Å². The molecule has 92 valence electrons. The van der Waals surface area contributed by atoms with Gasteiger partial charge >= 0.3 is 0 Å². The Balaban J connectivity index is 1.66. The van der Waals surface area contributed by atoms with E-state index in [1.54, 1.807) is 0 Å². The zero-order valence-corrected chi connectivity index (χ0v) is 9.89. The van der Waals surface area contributed by atoms with E-state index in [-0.39, 0.29) is 11.3 Å². The summed E-state index contributed by atoms with van der Waals surface area (Å²) in [5.41, 5.74) is 1.75. The van der Waals surface area contributed by atoms with E-state index >= 15 is 0 Å². The second-order valence-electron chi connectivity index (χ2n) is 4.68. The minimum absolute atomic E-state index is 0.126. The first-order valence-electron chi connectivity index (χ1n) is 6.00. The molecule has 0 aliphatic heterocycles. The summed E-state index contributed by atoms with van der Waals surface area (Å²) in [6, 6.07) is 10.3. The third kappa shape index (κ3) is 1.99. The third-order valence-electron chi connectivity index (χ3n) is 3.47. The van der Waals surface area contributed by atoms with Crippen LogP contribution in [0.15, 0.2) is 36.5 Å². The van der Waals surface area contributed by atoms with Gasteiger partial charge in [0.1, 0.15) is 0 Å². The Morgan fingerprint density at radius 1 is 1.33 bits per heavy atom. The van der Waals surface area contributed by atoms with Crippen LogP contribution in [-0.2, 0) is 5.41 Å². The maximum Gasteiger partial charge on any atom is 0.273 e. The van der Waals surface area contributed by atoms with E-state index in [2.05, 4.69) is 32.9 Å². The van der Waals surface area contributed by atoms with E-state index < -0.39 is 0 Å². The monoisotopic (exact) mass is 242 g/mol. The summed E-state index contributed by atoms with van der Waals surface area (Å²) in [6.07, 6.45) is 3.67. The van der Waals surface area contributed by atoms with E-state index in [0.717, 1.165) is 12.8 Å². The summed E-state index contributed by atoms with van der Waals surface area (Å²) in [5, 5.41) is 12.7. The van der Waals surface area contributed by atoms with E-state index in [1.165, 1.54) is 11.8 Å². The quantitative estimate of drug-likeness (QED) is 0.848. The van der Waals surface area contributed by atoms with E-state index in [0.29, 0.717) is 12.2 Å². The number of aromatic nitrogens is 3. The standard InChI is InChI=1S/C13H14N4O/c18-12(11-8-15-17-16-11)14-9-13(6-7-13)10-4-2-1-3-5-10/h1-5,8H,6-7,9H2,(H,14,18)(H,15,16,17). The van der Waals surface area contributed by atoms with Crippen molar-refractivity contribution in [2.24, 2.45) is 0 Å². The molecule has 1 aromatic heterocycles. The van der Waals surface area contributed by atoms with Crippen LogP contribution >= 0.6 is 0 Å². The van der Waals surface area contributed by atoms with Crippen LogP contribution in [0.1, 0.15) is 28.9 Å². The van der Waals surface area contributed by atoms with Crippen molar-refractivity contribution in [2.45, 2.75) is 18.3 Å². The molecular formula is C13H14N4O. The summed E-state index contributed by atoms with van der Waals surface area (Å²) in [5.74, 6) is -0.175. The topological polar surface area (TPSA) is 70.7 Å². The second kappa shape index (κ2) is 4.25. The van der Waals surface area contributed by atoms with Crippen LogP contribution in [0.2, 0.25) is 0 Å². The SMILES string of the molecule is O=C(NCC1(c2ccccc2)CC1)c1cn[nH]n1. The summed E-state index contributed by atoms with van der Waals surface area (Å²) in [6.45, 7) is 0.655. The van der Waals surface area contributed by atoms with Gasteiger partial charge in [0.05, 0.1) is 6.20 Å². The van der Waals surface area contributed by atoms with Crippen LogP contribution in [0.5, 0.6) is 0 Å². The molecule has 0 bridgehead atoms. The van der Waals surface area contributed by atoms with Gasteiger partial charge in [-0.05, 0) is 18.4 Å². The van der Waals surface area contributed by atoms with Crippen LogP contribution in [0, 0.1) is 0 Å². The first kappa shape index (κ1) is 11.0. The van der Waals surface area contributed by atoms with Gasteiger partial charge in [-0.25, -0.2) is 0 Å². The van der Waals surface area contributed by atoms with Crippen LogP contribution < -0.4 is 5.32 Å². The molecule has 0 atom stereocenters. The summed E-state index contributed by atoms with van der Waals surface area (Å²) in [7, 11) is 0. The van der Waals surface area contributed by atoms with Crippen LogP contribution in [0.3, 0.4) is 0 Å². The van der Waals surface area contributed by atoms with Gasteiger partial charge in [-0.2, -0.15) is 15.4 Å². The molecule has 0 unspecified atom stereocenters. The molecule has 1 aliphatic rings. The molecule has 2 N–H and O–H groups in total. The molecule has 5 nitrogen and oxygen atoms in total. The van der Waals surface area contributed by atoms with Gasteiger partial charge in [-0.15, -0.1) is 0 Å². The molecule has 0 saturated heterocycles. The number of hydrogen-bond donors (Lipinski definition) is 2. The van der Waals surface area contributed by atoms with Crippen molar-refractivity contribution in [2.75, 3.05) is 6.54 Å². The molecule has 3 rings (SSSR count). The number of hydrogen-bond acceptors (Lipinski definition) is 3. The number of nitrogens with zero attached hydrogens (tertiary/aromatic N) is 2. The number of aromatic amines is 1. The molecule has 5 heteroatoms. The summed E-state index contributed by atoms with van der Waals surface area (Å²) >= 11 is 0. The van der Waals surface area contributed by atoms with Crippen LogP contribution in [0.4, 0.5) is 0 Å². The molecule has 1 heterocycles. The van der Waals surface area contributed by atoms with Gasteiger partial charge < -0.3 is 5.32 Å². The lowest BCUT2D eigenvalue weighted by Crippen LogP contribution is -2.32. The lowest BCUT2D eigenvalue weighted by molar-refractivity contribution is 0.0944. The van der Waals surface area contributed by atoms with Crippen molar-refractivity contribution in [3.8, 4) is 0 Å². The molecule has 1 aliphatic carbocycles. The Morgan fingerprint density at radius 3 is 2.72 bits per heavy atom. The Hall–Kier alpha value is -2.17. The Bertz CT molecular complexity index is 531. The van der Waals surface area contributed by atoms with Crippen molar-refractivity contribution in [1.82, 2.24) is 20.7 Å². The van der Waals surface area contributed by atoms with Gasteiger partial charge in [0.15, 0.2) is 5.69 Å². The largest absolute Gasteiger partial charge is 0.350 e. The van der Waals surface area contributed by atoms with Crippen LogP contribution in [-0.4, -0.2) is 27.9 Å². The smallest absolute Gasteiger partial charge is 0.273 e. The lowest BCUT2D eigenvalue weighted by atomic mass is 9.96. The van der Waals surface area contributed by atoms with Crippen molar-refractivity contribution >= 4 is 5.91 Å². The normalized spacial score (nSPS) is 16.2. The molecule has 1 saturated carbocycles. The minimum atomic E-state index is -0.175. The first-order valence-corrected chi connectivity index (χ1v) is 6.00. The predicted octanol–water partition coefficient (Wildman–Crippen LogP) is 1.27. The third-order valence-corrected chi connectivity index (χ3v) is 3.47. The number of benzene rings is 1. The molecule has 18 heavy (non-hydrogen) atoms. The highest BCUT2D eigenvalue weighted by Gasteiger charge is 2.44. The van der Waals surface area contributed by atoms with E-state index in [4.69, 9.17) is 0 Å². The number of amides is 1. The van der Waals surface area contributed by atoms with E-state index in [1.807, 2.05) is 18.2 Å². The fourth-order valence-electron chi connectivity index (χ4n) is 2.16. The molecule has 1 fully saturated rings. The second-order valence-corrected chi connectivity index (χ2v) is 4.68. The van der Waals surface area contributed by atoms with Crippen LogP contribution in [0.25, 0.3) is 0 Å². The Morgan fingerprint density at radius 2 is 2.11 bits per heavy atom. The molecule has 0 spiro atoms. The van der Waals surface area contributed by atoms with Crippen molar-refractivity contribution in [3.63, 3.8) is 0 Å². The average Bonchev–Trinajstić information content (AvgIpc) is 3.01. The maximum atomic E-state index is 11.8. The molecular weight excluding hydrogens is 228 g/mol. The zero-order valence-electron chi connectivity index (χ0n) is 9.89. The Labute approximate surface area is 105 Å². The van der Waals surface area contributed by atoms with Crippen molar-refractivity contribution in [1.29, 1.82) is 0 Å². The highest BCUT2D eigenvalue weighted by atomic mass is 16.2. The number of nitrogens with one attached hydrogen (secondary N) is 2. The first-order chi connectivity index (χ1) is 8.80. The van der Waals surface area contributed by atoms with Gasteiger partial charge in [0.25, 0.3) is 5.91 Å². The maximum absolute atomic E-state index is 11.8. The highest BCUT2D eigenvalue weighted by Crippen LogP contribution is 2.47. The molecule has 0 radical (unpaired) electrons. The number of H-pyrrole nitrogens is 1. The van der Waals surface area contributed by atoms with Gasteiger partial charge in [-0.1, -0.05) is 30.3 Å². The summed E-state index contributed by atoms with van der Waals surface area (Å²) < 4.78 is 0. The van der Waals surface area contributed by atoms with Crippen molar-refractivity contribution in [3.05, 3.63) is 47.8 Å². The average molecular weight is 242 g/mol. The number of carbonyl (C=O) groups excluding carboxylic acids is 1. The number of carbonyl (C=O) groups is 1. The molecule has 1 amide bonds. The fraction of sp³-hybridized carbons (Fsp3) is 0.308. The summed E-state index contributed by atoms with van der Waals surface area (Å²) in [4.78, 5) is 11.8. The number of rotatable bonds is 4. The van der Waals surface area contributed by atoms with Gasteiger partial charge in [-0.3, -0.25) is 4.79 Å². The zero-order chi connectivity index (χ0) is 12.4.